The van der Waals surface area contributed by atoms with E-state index in [-0.39, 0.29) is 6.61 Å². The van der Waals surface area contributed by atoms with Crippen molar-refractivity contribution < 1.29 is 5.11 Å². The number of benzene rings is 1. The lowest BCUT2D eigenvalue weighted by Gasteiger charge is -2.12. The molecule has 0 fully saturated rings. The fraction of sp³-hybridized carbons (Fsp3) is 0.467. The number of aliphatic hydroxyl groups is 1. The van der Waals surface area contributed by atoms with Gasteiger partial charge >= 0.3 is 0 Å². The molecule has 0 saturated heterocycles. The molecule has 0 aliphatic rings. The number of aryl methyl sites for hydroxylation is 4. The van der Waals surface area contributed by atoms with E-state index >= 15 is 0 Å². The highest BCUT2D eigenvalue weighted by Gasteiger charge is 2.17. The summed E-state index contributed by atoms with van der Waals surface area (Å²) in [4.78, 5) is 0. The van der Waals surface area contributed by atoms with Crippen molar-refractivity contribution in [3.63, 3.8) is 0 Å². The molecule has 1 N–H and O–H groups in total. The highest BCUT2D eigenvalue weighted by atomic mass is 16.3. The van der Waals surface area contributed by atoms with Crippen molar-refractivity contribution in [1.29, 1.82) is 0 Å². The maximum Gasteiger partial charge on any atom is 0.0835 e. The lowest BCUT2D eigenvalue weighted by atomic mass is 9.94. The van der Waals surface area contributed by atoms with Gasteiger partial charge in [-0.2, -0.15) is 0 Å². The third-order valence-corrected chi connectivity index (χ3v) is 4.35. The van der Waals surface area contributed by atoms with E-state index in [1.807, 2.05) is 7.05 Å². The third kappa shape index (κ3) is 1.44. The second-order valence-electron chi connectivity index (χ2n) is 5.01. The van der Waals surface area contributed by atoms with Gasteiger partial charge in [-0.1, -0.05) is 0 Å². The van der Waals surface area contributed by atoms with Crippen LogP contribution in [0.25, 0.3) is 10.9 Å². The van der Waals surface area contributed by atoms with E-state index in [2.05, 4.69) is 39.2 Å². The summed E-state index contributed by atoms with van der Waals surface area (Å²) in [5.41, 5.74) is 8.91. The molecule has 0 amide bonds. The number of rotatable bonds is 1. The van der Waals surface area contributed by atoms with Gasteiger partial charge in [0.2, 0.25) is 0 Å². The van der Waals surface area contributed by atoms with Crippen LogP contribution in [0.4, 0.5) is 0 Å². The van der Waals surface area contributed by atoms with Gasteiger partial charge in [0, 0.05) is 18.1 Å². The van der Waals surface area contributed by atoms with Gasteiger partial charge in [-0.05, 0) is 62.4 Å². The van der Waals surface area contributed by atoms with Crippen molar-refractivity contribution in [1.82, 2.24) is 4.57 Å². The first-order valence-corrected chi connectivity index (χ1v) is 6.06. The minimum absolute atomic E-state index is 0.105. The molecular weight excluding hydrogens is 210 g/mol. The van der Waals surface area contributed by atoms with Crippen LogP contribution < -0.4 is 0 Å². The zero-order valence-electron chi connectivity index (χ0n) is 11.6. The van der Waals surface area contributed by atoms with Crippen molar-refractivity contribution in [3.8, 4) is 0 Å². The summed E-state index contributed by atoms with van der Waals surface area (Å²) in [5, 5.41) is 10.8. The second-order valence-corrected chi connectivity index (χ2v) is 5.01. The Hall–Kier alpha value is -1.28. The van der Waals surface area contributed by atoms with Gasteiger partial charge in [0.1, 0.15) is 0 Å². The normalized spacial score (nSPS) is 11.5. The van der Waals surface area contributed by atoms with E-state index in [0.717, 1.165) is 5.69 Å². The molecule has 2 aromatic rings. The van der Waals surface area contributed by atoms with Crippen molar-refractivity contribution >= 4 is 10.9 Å². The van der Waals surface area contributed by atoms with E-state index in [4.69, 9.17) is 0 Å². The molecule has 1 heterocycles. The molecule has 2 rings (SSSR count). The standard InChI is InChI=1S/C15H21NO/c1-8-9(2)11(4)15-14(10(8)3)12(5)13(7-17)16(15)6/h17H,7H2,1-6H3. The molecule has 0 unspecified atom stereocenters. The van der Waals surface area contributed by atoms with Crippen LogP contribution in [0.3, 0.4) is 0 Å². The third-order valence-electron chi connectivity index (χ3n) is 4.35. The largest absolute Gasteiger partial charge is 0.390 e. The molecule has 1 aromatic heterocycles. The minimum atomic E-state index is 0.105. The van der Waals surface area contributed by atoms with Crippen LogP contribution in [0.1, 0.15) is 33.5 Å². The highest BCUT2D eigenvalue weighted by molar-refractivity contribution is 5.92. The summed E-state index contributed by atoms with van der Waals surface area (Å²) in [5.74, 6) is 0. The van der Waals surface area contributed by atoms with Crippen LogP contribution in [0.15, 0.2) is 0 Å². The molecule has 0 aliphatic carbocycles. The Balaban J connectivity index is 3.09. The average molecular weight is 231 g/mol. The molecule has 0 bridgehead atoms. The molecule has 17 heavy (non-hydrogen) atoms. The summed E-state index contributed by atoms with van der Waals surface area (Å²) in [6.45, 7) is 10.9. The number of aromatic nitrogens is 1. The monoisotopic (exact) mass is 231 g/mol. The first-order valence-electron chi connectivity index (χ1n) is 6.06. The average Bonchev–Trinajstić information content (AvgIpc) is 2.55. The summed E-state index contributed by atoms with van der Waals surface area (Å²) >= 11 is 0. The lowest BCUT2D eigenvalue weighted by Crippen LogP contribution is -1.99. The van der Waals surface area contributed by atoms with Crippen LogP contribution in [0.5, 0.6) is 0 Å². The first kappa shape index (κ1) is 12.2. The van der Waals surface area contributed by atoms with Gasteiger partial charge in [-0.15, -0.1) is 0 Å². The van der Waals surface area contributed by atoms with Gasteiger partial charge < -0.3 is 9.67 Å². The summed E-state index contributed by atoms with van der Waals surface area (Å²) in [6, 6.07) is 0. The van der Waals surface area contributed by atoms with Crippen LogP contribution in [0, 0.1) is 34.6 Å². The Morgan fingerprint density at radius 1 is 0.824 bits per heavy atom. The van der Waals surface area contributed by atoms with E-state index < -0.39 is 0 Å². The molecule has 1 aromatic carbocycles. The number of hydrogen-bond donors (Lipinski definition) is 1. The second kappa shape index (κ2) is 3.88. The van der Waals surface area contributed by atoms with Crippen LogP contribution in [-0.4, -0.2) is 9.67 Å². The first-order chi connectivity index (χ1) is 7.91. The van der Waals surface area contributed by atoms with E-state index in [9.17, 15) is 5.11 Å². The number of fused-ring (bicyclic) bond motifs is 1. The fourth-order valence-corrected chi connectivity index (χ4v) is 2.93. The molecule has 0 aliphatic heterocycles. The molecule has 2 nitrogen and oxygen atoms in total. The minimum Gasteiger partial charge on any atom is -0.390 e. The molecule has 92 valence electrons. The van der Waals surface area contributed by atoms with E-state index in [1.165, 1.54) is 38.7 Å². The molecule has 0 atom stereocenters. The van der Waals surface area contributed by atoms with Crippen molar-refractivity contribution in [2.75, 3.05) is 0 Å². The Morgan fingerprint density at radius 2 is 1.35 bits per heavy atom. The Labute approximate surface area is 103 Å². The van der Waals surface area contributed by atoms with E-state index in [0.29, 0.717) is 0 Å². The Kier molecular flexibility index (Phi) is 2.78. The SMILES string of the molecule is Cc1c(C)c(C)c2c(c1C)c(C)c(CO)n2C. The number of hydrogen-bond acceptors (Lipinski definition) is 1. The lowest BCUT2D eigenvalue weighted by molar-refractivity contribution is 0.272. The van der Waals surface area contributed by atoms with Crippen LogP contribution in [0.2, 0.25) is 0 Å². The zero-order chi connectivity index (χ0) is 12.9. The number of aliphatic hydroxyl groups excluding tert-OH is 1. The smallest absolute Gasteiger partial charge is 0.0835 e. The molecular formula is C15H21NO. The van der Waals surface area contributed by atoms with Crippen molar-refractivity contribution in [2.24, 2.45) is 7.05 Å². The zero-order valence-corrected chi connectivity index (χ0v) is 11.6. The van der Waals surface area contributed by atoms with Crippen LogP contribution >= 0.6 is 0 Å². The summed E-state index contributed by atoms with van der Waals surface area (Å²) < 4.78 is 2.14. The van der Waals surface area contributed by atoms with Crippen molar-refractivity contribution in [3.05, 3.63) is 33.5 Å². The highest BCUT2D eigenvalue weighted by Crippen LogP contribution is 2.34. The van der Waals surface area contributed by atoms with Gasteiger partial charge in [0.05, 0.1) is 12.1 Å². The molecule has 0 saturated carbocycles. The Bertz CT molecular complexity index is 555. The molecule has 2 heteroatoms. The maximum absolute atomic E-state index is 9.50. The summed E-state index contributed by atoms with van der Waals surface area (Å²) in [7, 11) is 2.04. The molecule has 0 spiro atoms. The van der Waals surface area contributed by atoms with Crippen LogP contribution in [-0.2, 0) is 13.7 Å². The maximum atomic E-state index is 9.50. The predicted molar refractivity (Wildman–Crippen MR) is 72.5 cm³/mol. The van der Waals surface area contributed by atoms with Gasteiger partial charge in [0.15, 0.2) is 0 Å². The van der Waals surface area contributed by atoms with E-state index in [1.54, 1.807) is 0 Å². The number of nitrogens with zero attached hydrogens (tertiary/aromatic N) is 1. The van der Waals surface area contributed by atoms with Gasteiger partial charge in [-0.25, -0.2) is 0 Å². The molecule has 0 radical (unpaired) electrons. The Morgan fingerprint density at radius 3 is 1.88 bits per heavy atom. The predicted octanol–water partition coefficient (Wildman–Crippen LogP) is 3.21. The van der Waals surface area contributed by atoms with Gasteiger partial charge in [-0.3, -0.25) is 0 Å². The topological polar surface area (TPSA) is 25.2 Å². The fourth-order valence-electron chi connectivity index (χ4n) is 2.93. The van der Waals surface area contributed by atoms with Crippen molar-refractivity contribution in [2.45, 2.75) is 41.2 Å². The quantitative estimate of drug-likeness (QED) is 0.801. The summed E-state index contributed by atoms with van der Waals surface area (Å²) in [6.07, 6.45) is 0. The van der Waals surface area contributed by atoms with Gasteiger partial charge in [0.25, 0.3) is 0 Å².